The summed E-state index contributed by atoms with van der Waals surface area (Å²) in [6, 6.07) is 0.931. The number of hydrogen-bond donors (Lipinski definition) is 0. The van der Waals surface area contributed by atoms with Crippen LogP contribution >= 0.6 is 0 Å². The van der Waals surface area contributed by atoms with Gasteiger partial charge in [0.1, 0.15) is 11.5 Å². The van der Waals surface area contributed by atoms with E-state index in [1.54, 1.807) is 4.90 Å². The number of likely N-dealkylation sites (tertiary alicyclic amines) is 1. The number of nitrogens with zero attached hydrogens (tertiary/aromatic N) is 3. The van der Waals surface area contributed by atoms with Crippen molar-refractivity contribution in [2.24, 2.45) is 5.41 Å². The summed E-state index contributed by atoms with van der Waals surface area (Å²) in [5, 5.41) is 0. The number of piperidine rings is 1. The molecule has 2 aliphatic rings. The van der Waals surface area contributed by atoms with Crippen molar-refractivity contribution in [2.75, 3.05) is 26.3 Å². The van der Waals surface area contributed by atoms with Gasteiger partial charge in [-0.05, 0) is 25.8 Å². The first-order valence-corrected chi connectivity index (χ1v) is 8.05. The molecule has 3 rings (SSSR count). The van der Waals surface area contributed by atoms with Crippen molar-refractivity contribution in [3.63, 3.8) is 0 Å². The zero-order valence-electron chi connectivity index (χ0n) is 13.5. The summed E-state index contributed by atoms with van der Waals surface area (Å²) in [7, 11) is 0. The van der Waals surface area contributed by atoms with Crippen LogP contribution in [0.4, 0.5) is 13.2 Å². The van der Waals surface area contributed by atoms with Crippen LogP contribution in [0.25, 0.3) is 0 Å². The van der Waals surface area contributed by atoms with Gasteiger partial charge in [0, 0.05) is 43.6 Å². The first kappa shape index (κ1) is 17.1. The van der Waals surface area contributed by atoms with Crippen LogP contribution in [0.1, 0.15) is 36.5 Å². The number of rotatable bonds is 3. The van der Waals surface area contributed by atoms with Gasteiger partial charge in [-0.2, -0.15) is 13.2 Å². The number of amides is 1. The van der Waals surface area contributed by atoms with E-state index in [0.717, 1.165) is 18.9 Å². The Morgan fingerprint density at radius 1 is 1.33 bits per heavy atom. The summed E-state index contributed by atoms with van der Waals surface area (Å²) in [5.41, 5.74) is -0.646. The minimum absolute atomic E-state index is 0.0124. The average molecular weight is 343 g/mol. The van der Waals surface area contributed by atoms with Crippen LogP contribution in [0.15, 0.2) is 6.07 Å². The number of carbonyl (C=O) groups is 1. The van der Waals surface area contributed by atoms with E-state index in [1.165, 1.54) is 6.92 Å². The quantitative estimate of drug-likeness (QED) is 0.846. The normalized spacial score (nSPS) is 24.8. The Morgan fingerprint density at radius 3 is 2.79 bits per heavy atom. The zero-order valence-corrected chi connectivity index (χ0v) is 13.5. The van der Waals surface area contributed by atoms with Gasteiger partial charge in [-0.15, -0.1) is 0 Å². The predicted octanol–water partition coefficient (Wildman–Crippen LogP) is 2.38. The molecule has 1 spiro atoms. The number of aryl methyl sites for hydroxylation is 1. The van der Waals surface area contributed by atoms with Gasteiger partial charge in [0.15, 0.2) is 0 Å². The standard InChI is InChI=1S/C16H20F3N3O2/c1-11-8-12(16(17,18)19)21-13(20-11)3-6-22-9-15(4-2-14(22)23)5-7-24-10-15/h8H,2-7,9-10H2,1H3/t15-/m0/s1. The van der Waals surface area contributed by atoms with Gasteiger partial charge in [-0.25, -0.2) is 9.97 Å². The molecule has 1 aromatic rings. The van der Waals surface area contributed by atoms with E-state index in [0.29, 0.717) is 32.7 Å². The fourth-order valence-corrected chi connectivity index (χ4v) is 3.40. The molecule has 3 heterocycles. The molecule has 1 amide bonds. The van der Waals surface area contributed by atoms with E-state index < -0.39 is 11.9 Å². The fourth-order valence-electron chi connectivity index (χ4n) is 3.40. The molecule has 2 aliphatic heterocycles. The molecule has 0 unspecified atom stereocenters. The van der Waals surface area contributed by atoms with Gasteiger partial charge in [-0.1, -0.05) is 0 Å². The van der Waals surface area contributed by atoms with Crippen LogP contribution in [-0.2, 0) is 22.1 Å². The number of halogens is 3. The number of ether oxygens (including phenoxy) is 1. The van der Waals surface area contributed by atoms with Crippen molar-refractivity contribution in [1.82, 2.24) is 14.9 Å². The lowest BCUT2D eigenvalue weighted by molar-refractivity contribution is -0.141. The molecule has 0 bridgehead atoms. The molecule has 132 valence electrons. The Bertz CT molecular complexity index is 627. The number of carbonyl (C=O) groups excluding carboxylic acids is 1. The van der Waals surface area contributed by atoms with Gasteiger partial charge < -0.3 is 9.64 Å². The van der Waals surface area contributed by atoms with Gasteiger partial charge in [-0.3, -0.25) is 4.79 Å². The molecule has 8 heteroatoms. The Hall–Kier alpha value is -1.70. The van der Waals surface area contributed by atoms with Crippen molar-refractivity contribution in [3.8, 4) is 0 Å². The van der Waals surface area contributed by atoms with Crippen molar-refractivity contribution in [1.29, 1.82) is 0 Å². The molecule has 0 N–H and O–H groups in total. The second kappa shape index (κ2) is 6.31. The third kappa shape index (κ3) is 3.68. The minimum Gasteiger partial charge on any atom is -0.381 e. The number of hydrogen-bond acceptors (Lipinski definition) is 4. The Kier molecular flexibility index (Phi) is 4.50. The fraction of sp³-hybridized carbons (Fsp3) is 0.688. The monoisotopic (exact) mass is 343 g/mol. The summed E-state index contributed by atoms with van der Waals surface area (Å²) in [6.45, 7) is 3.80. The van der Waals surface area contributed by atoms with E-state index in [1.807, 2.05) is 0 Å². The summed E-state index contributed by atoms with van der Waals surface area (Å²) in [6.07, 6.45) is -2.06. The lowest BCUT2D eigenvalue weighted by Crippen LogP contribution is -2.47. The summed E-state index contributed by atoms with van der Waals surface area (Å²) in [4.78, 5) is 21.5. The smallest absolute Gasteiger partial charge is 0.381 e. The highest BCUT2D eigenvalue weighted by Gasteiger charge is 2.41. The highest BCUT2D eigenvalue weighted by atomic mass is 19.4. The Morgan fingerprint density at radius 2 is 2.12 bits per heavy atom. The van der Waals surface area contributed by atoms with Crippen LogP contribution in [0, 0.1) is 12.3 Å². The maximum Gasteiger partial charge on any atom is 0.433 e. The Balaban J connectivity index is 1.68. The molecule has 0 aliphatic carbocycles. The molecular formula is C16H20F3N3O2. The van der Waals surface area contributed by atoms with Gasteiger partial charge in [0.05, 0.1) is 6.61 Å². The average Bonchev–Trinajstić information content (AvgIpc) is 2.95. The molecule has 1 atom stereocenters. The SMILES string of the molecule is Cc1cc(C(F)(F)F)nc(CCN2C[C@@]3(CCOC3)CCC2=O)n1. The topological polar surface area (TPSA) is 55.3 Å². The lowest BCUT2D eigenvalue weighted by Gasteiger charge is -2.39. The van der Waals surface area contributed by atoms with E-state index in [4.69, 9.17) is 4.74 Å². The molecule has 0 aromatic carbocycles. The Labute approximate surface area is 138 Å². The van der Waals surface area contributed by atoms with Gasteiger partial charge in [0.2, 0.25) is 5.91 Å². The van der Waals surface area contributed by atoms with E-state index in [9.17, 15) is 18.0 Å². The molecule has 5 nitrogen and oxygen atoms in total. The first-order chi connectivity index (χ1) is 11.3. The van der Waals surface area contributed by atoms with Crippen LogP contribution < -0.4 is 0 Å². The van der Waals surface area contributed by atoms with Crippen molar-refractivity contribution in [3.05, 3.63) is 23.3 Å². The highest BCUT2D eigenvalue weighted by Crippen LogP contribution is 2.38. The third-order valence-corrected chi connectivity index (χ3v) is 4.73. The second-order valence-corrected chi connectivity index (χ2v) is 6.68. The van der Waals surface area contributed by atoms with Crippen molar-refractivity contribution >= 4 is 5.91 Å². The second-order valence-electron chi connectivity index (χ2n) is 6.68. The third-order valence-electron chi connectivity index (χ3n) is 4.73. The van der Waals surface area contributed by atoms with Crippen LogP contribution in [0.3, 0.4) is 0 Å². The molecule has 0 radical (unpaired) electrons. The maximum absolute atomic E-state index is 12.8. The maximum atomic E-state index is 12.8. The van der Waals surface area contributed by atoms with Crippen molar-refractivity contribution < 1.29 is 22.7 Å². The number of alkyl halides is 3. The van der Waals surface area contributed by atoms with Crippen molar-refractivity contribution in [2.45, 2.75) is 38.8 Å². The first-order valence-electron chi connectivity index (χ1n) is 8.05. The van der Waals surface area contributed by atoms with Crippen LogP contribution in [0.5, 0.6) is 0 Å². The number of aromatic nitrogens is 2. The molecule has 1 aromatic heterocycles. The van der Waals surface area contributed by atoms with Crippen LogP contribution in [-0.4, -0.2) is 47.1 Å². The summed E-state index contributed by atoms with van der Waals surface area (Å²) in [5.74, 6) is 0.161. The van der Waals surface area contributed by atoms with Crippen LogP contribution in [0.2, 0.25) is 0 Å². The van der Waals surface area contributed by atoms with E-state index in [-0.39, 0.29) is 29.3 Å². The predicted molar refractivity (Wildman–Crippen MR) is 79.2 cm³/mol. The molecule has 2 fully saturated rings. The highest BCUT2D eigenvalue weighted by molar-refractivity contribution is 5.77. The van der Waals surface area contributed by atoms with Gasteiger partial charge >= 0.3 is 6.18 Å². The summed E-state index contributed by atoms with van der Waals surface area (Å²) < 4.78 is 44.0. The molecular weight excluding hydrogens is 323 g/mol. The zero-order chi connectivity index (χ0) is 17.4. The van der Waals surface area contributed by atoms with Gasteiger partial charge in [0.25, 0.3) is 0 Å². The molecule has 24 heavy (non-hydrogen) atoms. The largest absolute Gasteiger partial charge is 0.433 e. The van der Waals surface area contributed by atoms with E-state index in [2.05, 4.69) is 9.97 Å². The molecule has 0 saturated carbocycles. The molecule has 2 saturated heterocycles. The lowest BCUT2D eigenvalue weighted by atomic mass is 9.79. The van der Waals surface area contributed by atoms with E-state index >= 15 is 0 Å². The minimum atomic E-state index is -4.49. The summed E-state index contributed by atoms with van der Waals surface area (Å²) >= 11 is 0.